The third-order valence-electron chi connectivity index (χ3n) is 3.99. The van der Waals surface area contributed by atoms with Crippen molar-refractivity contribution in [2.24, 2.45) is 0 Å². The molecule has 0 amide bonds. The van der Waals surface area contributed by atoms with Crippen LogP contribution in [-0.2, 0) is 0 Å². The van der Waals surface area contributed by atoms with Crippen molar-refractivity contribution in [3.63, 3.8) is 0 Å². The number of aryl methyl sites for hydroxylation is 1. The number of fused-ring (bicyclic) bond motifs is 1. The molecule has 0 saturated carbocycles. The SMILES string of the molecule is C#C/C=C\C(=N)c1nc2c(cc1C)C(=C)CC=C2c1ccncc1. The van der Waals surface area contributed by atoms with E-state index in [9.17, 15) is 0 Å². The van der Waals surface area contributed by atoms with Crippen molar-refractivity contribution in [3.8, 4) is 12.3 Å². The Labute approximate surface area is 142 Å². The standard InChI is InChI=1S/C21H17N3/c1-4-5-6-19(22)20-15(3)13-18-14(2)7-8-17(21(18)24-20)16-9-11-23-12-10-16/h1,5-6,8-13,22H,2,7H2,3H3/b6-5-,22-19?. The second-order valence-electron chi connectivity index (χ2n) is 5.63. The second-order valence-corrected chi connectivity index (χ2v) is 5.63. The molecule has 1 aliphatic carbocycles. The number of terminal acetylenes is 1. The zero-order chi connectivity index (χ0) is 17.1. The van der Waals surface area contributed by atoms with E-state index in [1.54, 1.807) is 18.5 Å². The lowest BCUT2D eigenvalue weighted by Gasteiger charge is -2.21. The highest BCUT2D eigenvalue weighted by Crippen LogP contribution is 2.36. The van der Waals surface area contributed by atoms with Crippen molar-refractivity contribution in [2.45, 2.75) is 13.3 Å². The molecule has 0 fully saturated rings. The number of hydrogen-bond donors (Lipinski definition) is 1. The van der Waals surface area contributed by atoms with Crippen LogP contribution in [0.25, 0.3) is 11.1 Å². The highest BCUT2D eigenvalue weighted by Gasteiger charge is 2.20. The first kappa shape index (κ1) is 15.6. The van der Waals surface area contributed by atoms with E-state index in [1.807, 2.05) is 19.1 Å². The fourth-order valence-electron chi connectivity index (χ4n) is 2.79. The van der Waals surface area contributed by atoms with Crippen molar-refractivity contribution < 1.29 is 0 Å². The molecule has 0 aromatic carbocycles. The average Bonchev–Trinajstić information content (AvgIpc) is 2.61. The van der Waals surface area contributed by atoms with Gasteiger partial charge in [-0.2, -0.15) is 0 Å². The van der Waals surface area contributed by atoms with Gasteiger partial charge in [-0.05, 0) is 60.4 Å². The van der Waals surface area contributed by atoms with Crippen molar-refractivity contribution in [1.82, 2.24) is 9.97 Å². The third kappa shape index (κ3) is 2.82. The summed E-state index contributed by atoms with van der Waals surface area (Å²) in [4.78, 5) is 8.86. The summed E-state index contributed by atoms with van der Waals surface area (Å²) in [5.74, 6) is 2.41. The van der Waals surface area contributed by atoms with Gasteiger partial charge in [0.2, 0.25) is 0 Å². The van der Waals surface area contributed by atoms with E-state index in [0.717, 1.165) is 40.0 Å². The van der Waals surface area contributed by atoms with E-state index < -0.39 is 0 Å². The molecule has 0 spiro atoms. The molecule has 116 valence electrons. The van der Waals surface area contributed by atoms with Gasteiger partial charge in [0, 0.05) is 23.5 Å². The number of rotatable bonds is 3. The molecule has 1 aliphatic rings. The molecule has 0 radical (unpaired) electrons. The minimum absolute atomic E-state index is 0.304. The number of hydrogen-bond acceptors (Lipinski definition) is 3. The maximum absolute atomic E-state index is 8.22. The second kappa shape index (κ2) is 6.47. The summed E-state index contributed by atoms with van der Waals surface area (Å²) < 4.78 is 0. The molecule has 3 heteroatoms. The number of allylic oxidation sites excluding steroid dienone is 4. The Morgan fingerprint density at radius 1 is 1.38 bits per heavy atom. The highest BCUT2D eigenvalue weighted by molar-refractivity contribution is 6.07. The summed E-state index contributed by atoms with van der Waals surface area (Å²) in [5, 5.41) is 8.22. The van der Waals surface area contributed by atoms with Crippen molar-refractivity contribution >= 4 is 16.9 Å². The van der Waals surface area contributed by atoms with Crippen LogP contribution in [0.5, 0.6) is 0 Å². The predicted octanol–water partition coefficient (Wildman–Crippen LogP) is 4.19. The monoisotopic (exact) mass is 311 g/mol. The van der Waals surface area contributed by atoms with Crippen molar-refractivity contribution in [2.75, 3.05) is 0 Å². The topological polar surface area (TPSA) is 49.6 Å². The van der Waals surface area contributed by atoms with Gasteiger partial charge in [0.15, 0.2) is 0 Å². The Morgan fingerprint density at radius 2 is 2.12 bits per heavy atom. The third-order valence-corrected chi connectivity index (χ3v) is 3.99. The summed E-state index contributed by atoms with van der Waals surface area (Å²) in [6.07, 6.45) is 14.8. The van der Waals surface area contributed by atoms with Crippen molar-refractivity contribution in [3.05, 3.63) is 83.5 Å². The Hall–Kier alpha value is -3.25. The number of aromatic nitrogens is 2. The first-order valence-electron chi connectivity index (χ1n) is 7.64. The number of pyridine rings is 2. The molecule has 2 aromatic rings. The van der Waals surface area contributed by atoms with Crippen LogP contribution < -0.4 is 0 Å². The smallest absolute Gasteiger partial charge is 0.0916 e. The molecule has 2 heterocycles. The van der Waals surface area contributed by atoms with Gasteiger partial charge in [-0.3, -0.25) is 10.4 Å². The first-order valence-corrected chi connectivity index (χ1v) is 7.64. The molecule has 3 rings (SSSR count). The van der Waals surface area contributed by atoms with Crippen LogP contribution in [0.3, 0.4) is 0 Å². The van der Waals surface area contributed by atoms with E-state index in [4.69, 9.17) is 16.8 Å². The lowest BCUT2D eigenvalue weighted by Crippen LogP contribution is -2.10. The van der Waals surface area contributed by atoms with Gasteiger partial charge in [0.25, 0.3) is 0 Å². The molecule has 0 atom stereocenters. The normalized spacial score (nSPS) is 13.3. The van der Waals surface area contributed by atoms with Gasteiger partial charge in [-0.25, -0.2) is 4.98 Å². The Morgan fingerprint density at radius 3 is 2.83 bits per heavy atom. The van der Waals surface area contributed by atoms with Crippen LogP contribution >= 0.6 is 0 Å². The van der Waals surface area contributed by atoms with E-state index >= 15 is 0 Å². The van der Waals surface area contributed by atoms with Gasteiger partial charge >= 0.3 is 0 Å². The van der Waals surface area contributed by atoms with Crippen molar-refractivity contribution in [1.29, 1.82) is 5.41 Å². The molecule has 0 bridgehead atoms. The van der Waals surface area contributed by atoms with Crippen LogP contribution in [0.1, 0.15) is 34.5 Å². The summed E-state index contributed by atoms with van der Waals surface area (Å²) in [6, 6.07) is 6.00. The minimum Gasteiger partial charge on any atom is -0.299 e. The van der Waals surface area contributed by atoms with Crippen LogP contribution in [0.4, 0.5) is 0 Å². The van der Waals surface area contributed by atoms with Gasteiger partial charge in [-0.15, -0.1) is 6.42 Å². The maximum atomic E-state index is 8.22. The van der Waals surface area contributed by atoms with Gasteiger partial charge < -0.3 is 0 Å². The molecule has 0 unspecified atom stereocenters. The quantitative estimate of drug-likeness (QED) is 0.682. The van der Waals surface area contributed by atoms with E-state index in [2.05, 4.69) is 29.6 Å². The summed E-state index contributed by atoms with van der Waals surface area (Å²) in [6.45, 7) is 6.11. The van der Waals surface area contributed by atoms with Gasteiger partial charge in [-0.1, -0.05) is 18.6 Å². The maximum Gasteiger partial charge on any atom is 0.0916 e. The fourth-order valence-corrected chi connectivity index (χ4v) is 2.79. The van der Waals surface area contributed by atoms with Crippen LogP contribution in [0.15, 0.2) is 55.4 Å². The van der Waals surface area contributed by atoms with Gasteiger partial charge in [0.05, 0.1) is 17.1 Å². The Kier molecular flexibility index (Phi) is 4.22. The largest absolute Gasteiger partial charge is 0.299 e. The summed E-state index contributed by atoms with van der Waals surface area (Å²) in [5.41, 5.74) is 6.93. The lowest BCUT2D eigenvalue weighted by atomic mass is 9.87. The average molecular weight is 311 g/mol. The summed E-state index contributed by atoms with van der Waals surface area (Å²) >= 11 is 0. The Balaban J connectivity index is 2.17. The van der Waals surface area contributed by atoms with E-state index in [1.165, 1.54) is 6.08 Å². The molecule has 24 heavy (non-hydrogen) atoms. The Bertz CT molecular complexity index is 926. The number of nitrogens with one attached hydrogen (secondary N) is 1. The molecular formula is C21H17N3. The predicted molar refractivity (Wildman–Crippen MR) is 98.7 cm³/mol. The van der Waals surface area contributed by atoms with Crippen LogP contribution in [-0.4, -0.2) is 15.7 Å². The lowest BCUT2D eigenvalue weighted by molar-refractivity contribution is 1.15. The van der Waals surface area contributed by atoms with Gasteiger partial charge in [0.1, 0.15) is 0 Å². The highest BCUT2D eigenvalue weighted by atomic mass is 14.8. The fraction of sp³-hybridized carbons (Fsp3) is 0.0952. The van der Waals surface area contributed by atoms with E-state index in [0.29, 0.717) is 11.4 Å². The molecule has 1 N–H and O–H groups in total. The van der Waals surface area contributed by atoms with E-state index in [-0.39, 0.29) is 0 Å². The first-order chi connectivity index (χ1) is 11.6. The molecule has 3 nitrogen and oxygen atoms in total. The molecule has 0 saturated heterocycles. The minimum atomic E-state index is 0.304. The zero-order valence-electron chi connectivity index (χ0n) is 13.5. The number of nitrogens with zero attached hydrogens (tertiary/aromatic N) is 2. The molecule has 0 aliphatic heterocycles. The van der Waals surface area contributed by atoms with Crippen LogP contribution in [0, 0.1) is 24.7 Å². The van der Waals surface area contributed by atoms with Crippen LogP contribution in [0.2, 0.25) is 0 Å². The summed E-state index contributed by atoms with van der Waals surface area (Å²) in [7, 11) is 0. The molecule has 2 aromatic heterocycles. The zero-order valence-corrected chi connectivity index (χ0v) is 13.5. The molecular weight excluding hydrogens is 294 g/mol.